The third-order valence-electron chi connectivity index (χ3n) is 3.61. The molecule has 1 atom stereocenters. The van der Waals surface area contributed by atoms with Gasteiger partial charge in [0.1, 0.15) is 0 Å². The lowest BCUT2D eigenvalue weighted by molar-refractivity contribution is 0.222. The molecule has 0 aliphatic rings. The Bertz CT molecular complexity index is 248. The largest absolute Gasteiger partial charge is 0.502 e. The van der Waals surface area contributed by atoms with E-state index in [-0.39, 0.29) is 0 Å². The van der Waals surface area contributed by atoms with E-state index in [2.05, 4.69) is 39.8 Å². The molecule has 1 nitrogen and oxygen atoms in total. The van der Waals surface area contributed by atoms with Crippen molar-refractivity contribution in [2.75, 3.05) is 6.61 Å². The minimum atomic E-state index is 0.757. The zero-order valence-electron chi connectivity index (χ0n) is 14.3. The van der Waals surface area contributed by atoms with E-state index in [1.807, 2.05) is 6.26 Å². The number of rotatable bonds is 13. The molecule has 0 N–H and O–H groups in total. The molecule has 0 saturated heterocycles. The molecule has 20 heavy (non-hydrogen) atoms. The maximum Gasteiger partial charge on any atom is 0.0875 e. The summed E-state index contributed by atoms with van der Waals surface area (Å²) in [7, 11) is 0. The standard InChI is InChI=1S/C19H36O/c1-5-6-7-8-9-10-11-16-20-17-15-19(4)14-12-13-18(2)3/h11,13,16,19H,5-10,12,14-15,17H2,1-4H3. The molecule has 1 unspecified atom stereocenters. The van der Waals surface area contributed by atoms with Crippen LogP contribution in [0.4, 0.5) is 0 Å². The van der Waals surface area contributed by atoms with Crippen LogP contribution in [0.1, 0.15) is 85.5 Å². The highest BCUT2D eigenvalue weighted by atomic mass is 16.5. The van der Waals surface area contributed by atoms with Crippen molar-refractivity contribution in [2.24, 2.45) is 5.92 Å². The van der Waals surface area contributed by atoms with Crippen molar-refractivity contribution in [3.8, 4) is 0 Å². The maximum absolute atomic E-state index is 5.56. The van der Waals surface area contributed by atoms with Crippen molar-refractivity contribution in [1.82, 2.24) is 0 Å². The van der Waals surface area contributed by atoms with Crippen molar-refractivity contribution >= 4 is 0 Å². The third-order valence-corrected chi connectivity index (χ3v) is 3.61. The molecule has 0 bridgehead atoms. The summed E-state index contributed by atoms with van der Waals surface area (Å²) >= 11 is 0. The Kier molecular flexibility index (Phi) is 14.2. The van der Waals surface area contributed by atoms with Gasteiger partial charge in [-0.1, -0.05) is 51.2 Å². The highest BCUT2D eigenvalue weighted by Gasteiger charge is 2.00. The SMILES string of the molecule is CCCCCCCC=COCCC(C)CCC=C(C)C. The predicted molar refractivity (Wildman–Crippen MR) is 90.9 cm³/mol. The maximum atomic E-state index is 5.56. The summed E-state index contributed by atoms with van der Waals surface area (Å²) in [4.78, 5) is 0. The zero-order valence-corrected chi connectivity index (χ0v) is 14.3. The molecule has 0 amide bonds. The van der Waals surface area contributed by atoms with Crippen molar-refractivity contribution < 1.29 is 4.74 Å². The lowest BCUT2D eigenvalue weighted by Crippen LogP contribution is -1.99. The molecule has 0 aliphatic carbocycles. The highest BCUT2D eigenvalue weighted by molar-refractivity contribution is 4.92. The molecule has 0 radical (unpaired) electrons. The van der Waals surface area contributed by atoms with Gasteiger partial charge in [-0.3, -0.25) is 0 Å². The van der Waals surface area contributed by atoms with Gasteiger partial charge in [-0.15, -0.1) is 0 Å². The minimum Gasteiger partial charge on any atom is -0.502 e. The molecule has 0 aliphatic heterocycles. The average molecular weight is 280 g/mol. The monoisotopic (exact) mass is 280 g/mol. The number of ether oxygens (including phenoxy) is 1. The van der Waals surface area contributed by atoms with E-state index in [9.17, 15) is 0 Å². The molecular formula is C19H36O. The van der Waals surface area contributed by atoms with Gasteiger partial charge in [0.2, 0.25) is 0 Å². The summed E-state index contributed by atoms with van der Waals surface area (Å²) in [6.45, 7) is 9.78. The molecular weight excluding hydrogens is 244 g/mol. The summed E-state index contributed by atoms with van der Waals surface area (Å²) < 4.78 is 5.56. The van der Waals surface area contributed by atoms with Gasteiger partial charge in [0.15, 0.2) is 0 Å². The molecule has 0 aromatic carbocycles. The quantitative estimate of drug-likeness (QED) is 0.208. The molecule has 0 aromatic rings. The number of hydrogen-bond donors (Lipinski definition) is 0. The fourth-order valence-electron chi connectivity index (χ4n) is 2.14. The lowest BCUT2D eigenvalue weighted by atomic mass is 10.0. The topological polar surface area (TPSA) is 9.23 Å². The van der Waals surface area contributed by atoms with Gasteiger partial charge in [0.25, 0.3) is 0 Å². The number of hydrogen-bond acceptors (Lipinski definition) is 1. The molecule has 0 fully saturated rings. The van der Waals surface area contributed by atoms with Crippen LogP contribution in [0.5, 0.6) is 0 Å². The normalized spacial score (nSPS) is 12.6. The van der Waals surface area contributed by atoms with Gasteiger partial charge >= 0.3 is 0 Å². The molecule has 118 valence electrons. The van der Waals surface area contributed by atoms with Gasteiger partial charge in [0.05, 0.1) is 12.9 Å². The number of allylic oxidation sites excluding steroid dienone is 3. The fourth-order valence-corrected chi connectivity index (χ4v) is 2.14. The first-order valence-corrected chi connectivity index (χ1v) is 8.56. The predicted octanol–water partition coefficient (Wildman–Crippen LogP) is 6.65. The average Bonchev–Trinajstić information content (AvgIpc) is 2.40. The molecule has 0 spiro atoms. The van der Waals surface area contributed by atoms with Crippen LogP contribution in [-0.2, 0) is 4.74 Å². The highest BCUT2D eigenvalue weighted by Crippen LogP contribution is 2.12. The summed E-state index contributed by atoms with van der Waals surface area (Å²) in [6.07, 6.45) is 18.0. The Morgan fingerprint density at radius 3 is 2.45 bits per heavy atom. The summed E-state index contributed by atoms with van der Waals surface area (Å²) in [5, 5.41) is 0. The molecule has 0 rings (SSSR count). The van der Waals surface area contributed by atoms with Gasteiger partial charge in [-0.2, -0.15) is 0 Å². The van der Waals surface area contributed by atoms with E-state index in [4.69, 9.17) is 4.74 Å². The number of unbranched alkanes of at least 4 members (excludes halogenated alkanes) is 5. The first kappa shape index (κ1) is 19.3. The Labute approximate surface area is 127 Å². The summed E-state index contributed by atoms with van der Waals surface area (Å²) in [5.74, 6) is 0.757. The second-order valence-corrected chi connectivity index (χ2v) is 6.20. The Hall–Kier alpha value is -0.720. The summed E-state index contributed by atoms with van der Waals surface area (Å²) in [5.41, 5.74) is 1.43. The van der Waals surface area contributed by atoms with Crippen LogP contribution in [0.2, 0.25) is 0 Å². The molecule has 0 aromatic heterocycles. The molecule has 1 heteroatoms. The van der Waals surface area contributed by atoms with Crippen LogP contribution in [0.3, 0.4) is 0 Å². The van der Waals surface area contributed by atoms with Gasteiger partial charge < -0.3 is 4.74 Å². The van der Waals surface area contributed by atoms with Crippen molar-refractivity contribution in [2.45, 2.75) is 85.5 Å². The van der Waals surface area contributed by atoms with E-state index >= 15 is 0 Å². The summed E-state index contributed by atoms with van der Waals surface area (Å²) in [6, 6.07) is 0. The van der Waals surface area contributed by atoms with Crippen LogP contribution in [0.15, 0.2) is 24.0 Å². The van der Waals surface area contributed by atoms with E-state index in [0.29, 0.717) is 0 Å². The van der Waals surface area contributed by atoms with Crippen molar-refractivity contribution in [3.05, 3.63) is 24.0 Å². The zero-order chi connectivity index (χ0) is 15.1. The Morgan fingerprint density at radius 2 is 1.75 bits per heavy atom. The lowest BCUT2D eigenvalue weighted by Gasteiger charge is -2.09. The van der Waals surface area contributed by atoms with Crippen LogP contribution in [-0.4, -0.2) is 6.61 Å². The second kappa shape index (κ2) is 14.7. The first-order chi connectivity index (χ1) is 9.66. The Balaban J connectivity index is 3.31. The van der Waals surface area contributed by atoms with E-state index in [0.717, 1.165) is 18.9 Å². The van der Waals surface area contributed by atoms with Gasteiger partial charge in [0, 0.05) is 0 Å². The van der Waals surface area contributed by atoms with Gasteiger partial charge in [-0.25, -0.2) is 0 Å². The van der Waals surface area contributed by atoms with Crippen molar-refractivity contribution in [3.63, 3.8) is 0 Å². The van der Waals surface area contributed by atoms with E-state index < -0.39 is 0 Å². The van der Waals surface area contributed by atoms with Crippen LogP contribution in [0, 0.1) is 5.92 Å². The Morgan fingerprint density at radius 1 is 1.00 bits per heavy atom. The minimum absolute atomic E-state index is 0.757. The van der Waals surface area contributed by atoms with Crippen LogP contribution >= 0.6 is 0 Å². The molecule has 0 saturated carbocycles. The third kappa shape index (κ3) is 15.3. The fraction of sp³-hybridized carbons (Fsp3) is 0.789. The first-order valence-electron chi connectivity index (χ1n) is 8.56. The van der Waals surface area contributed by atoms with Gasteiger partial charge in [-0.05, 0) is 57.9 Å². The van der Waals surface area contributed by atoms with E-state index in [1.54, 1.807) is 0 Å². The second-order valence-electron chi connectivity index (χ2n) is 6.20. The van der Waals surface area contributed by atoms with Crippen molar-refractivity contribution in [1.29, 1.82) is 0 Å². The smallest absolute Gasteiger partial charge is 0.0875 e. The van der Waals surface area contributed by atoms with Crippen LogP contribution in [0.25, 0.3) is 0 Å². The van der Waals surface area contributed by atoms with E-state index in [1.165, 1.54) is 56.9 Å². The molecule has 0 heterocycles. The van der Waals surface area contributed by atoms with Crippen LogP contribution < -0.4 is 0 Å².